The number of rotatable bonds is 7. The highest BCUT2D eigenvalue weighted by molar-refractivity contribution is 7.92. The summed E-state index contributed by atoms with van der Waals surface area (Å²) >= 11 is 0. The van der Waals surface area contributed by atoms with E-state index in [0.29, 0.717) is 13.2 Å². The van der Waals surface area contributed by atoms with Crippen LogP contribution in [0.15, 0.2) is 47.4 Å². The molecule has 0 radical (unpaired) electrons. The molecule has 2 aromatic carbocycles. The first-order valence-corrected chi connectivity index (χ1v) is 8.98. The molecule has 0 bridgehead atoms. The number of aryl methyl sites for hydroxylation is 1. The van der Waals surface area contributed by atoms with Gasteiger partial charge in [-0.25, -0.2) is 12.8 Å². The molecule has 0 aliphatic heterocycles. The van der Waals surface area contributed by atoms with E-state index in [-0.39, 0.29) is 21.7 Å². The summed E-state index contributed by atoms with van der Waals surface area (Å²) in [6.07, 6.45) is 0. The highest BCUT2D eigenvalue weighted by atomic mass is 32.2. The predicted octanol–water partition coefficient (Wildman–Crippen LogP) is 2.31. The topological polar surface area (TPSA) is 84.5 Å². The monoisotopic (exact) mass is 366 g/mol. The molecule has 1 amide bonds. The normalized spacial score (nSPS) is 11.2. The number of anilines is 1. The fraction of sp³-hybridized carbons (Fsp3) is 0.235. The number of sulfonamides is 1. The van der Waals surface area contributed by atoms with Gasteiger partial charge in [0.25, 0.3) is 15.9 Å². The summed E-state index contributed by atoms with van der Waals surface area (Å²) in [7, 11) is -2.44. The van der Waals surface area contributed by atoms with Gasteiger partial charge in [-0.1, -0.05) is 12.1 Å². The summed E-state index contributed by atoms with van der Waals surface area (Å²) in [5.41, 5.74) is 0.536. The molecule has 134 valence electrons. The summed E-state index contributed by atoms with van der Waals surface area (Å²) in [6.45, 7) is 2.12. The Morgan fingerprint density at radius 2 is 1.92 bits per heavy atom. The lowest BCUT2D eigenvalue weighted by Gasteiger charge is -2.13. The fourth-order valence-electron chi connectivity index (χ4n) is 2.12. The van der Waals surface area contributed by atoms with Crippen molar-refractivity contribution in [3.05, 3.63) is 59.4 Å². The number of carbonyl (C=O) groups excluding carboxylic acids is 1. The average Bonchev–Trinajstić information content (AvgIpc) is 2.57. The van der Waals surface area contributed by atoms with E-state index in [2.05, 4.69) is 10.0 Å². The molecule has 6 nitrogen and oxygen atoms in total. The van der Waals surface area contributed by atoms with Crippen molar-refractivity contribution < 1.29 is 22.3 Å². The van der Waals surface area contributed by atoms with Gasteiger partial charge in [0.2, 0.25) is 0 Å². The van der Waals surface area contributed by atoms with Crippen LogP contribution in [0.4, 0.5) is 10.1 Å². The molecule has 0 aromatic heterocycles. The van der Waals surface area contributed by atoms with E-state index >= 15 is 0 Å². The van der Waals surface area contributed by atoms with Crippen LogP contribution in [0.5, 0.6) is 0 Å². The minimum absolute atomic E-state index is 0.0824. The second-order valence-corrected chi connectivity index (χ2v) is 6.99. The zero-order valence-corrected chi connectivity index (χ0v) is 14.7. The van der Waals surface area contributed by atoms with E-state index in [0.717, 1.165) is 6.07 Å². The Balaban J connectivity index is 2.27. The van der Waals surface area contributed by atoms with Crippen LogP contribution < -0.4 is 10.0 Å². The van der Waals surface area contributed by atoms with Crippen LogP contribution in [0.2, 0.25) is 0 Å². The number of benzene rings is 2. The van der Waals surface area contributed by atoms with E-state index in [1.807, 2.05) is 0 Å². The van der Waals surface area contributed by atoms with Crippen molar-refractivity contribution in [3.63, 3.8) is 0 Å². The number of halogens is 1. The lowest BCUT2D eigenvalue weighted by atomic mass is 10.2. The van der Waals surface area contributed by atoms with Gasteiger partial charge in [0.15, 0.2) is 0 Å². The molecule has 8 heteroatoms. The maximum absolute atomic E-state index is 13.4. The van der Waals surface area contributed by atoms with Crippen LogP contribution in [0.1, 0.15) is 15.9 Å². The first-order chi connectivity index (χ1) is 11.8. The molecular formula is C17H19FN2O4S. The second-order valence-electron chi connectivity index (χ2n) is 5.31. The van der Waals surface area contributed by atoms with Crippen LogP contribution in [0, 0.1) is 12.7 Å². The summed E-state index contributed by atoms with van der Waals surface area (Å²) in [6, 6.07) is 9.73. The van der Waals surface area contributed by atoms with Crippen molar-refractivity contribution >= 4 is 21.6 Å². The van der Waals surface area contributed by atoms with E-state index in [1.54, 1.807) is 12.1 Å². The molecule has 0 saturated heterocycles. The Morgan fingerprint density at radius 3 is 2.60 bits per heavy atom. The van der Waals surface area contributed by atoms with Gasteiger partial charge in [0.05, 0.1) is 22.8 Å². The van der Waals surface area contributed by atoms with Crippen LogP contribution in [0.25, 0.3) is 0 Å². The van der Waals surface area contributed by atoms with Gasteiger partial charge >= 0.3 is 0 Å². The number of para-hydroxylation sites is 1. The van der Waals surface area contributed by atoms with Gasteiger partial charge in [-0.2, -0.15) is 0 Å². The van der Waals surface area contributed by atoms with Crippen molar-refractivity contribution in [1.82, 2.24) is 5.32 Å². The van der Waals surface area contributed by atoms with E-state index in [9.17, 15) is 17.6 Å². The van der Waals surface area contributed by atoms with Gasteiger partial charge in [-0.15, -0.1) is 0 Å². The molecule has 0 unspecified atom stereocenters. The largest absolute Gasteiger partial charge is 0.383 e. The molecule has 25 heavy (non-hydrogen) atoms. The van der Waals surface area contributed by atoms with Crippen LogP contribution in [-0.4, -0.2) is 34.6 Å². The Bertz CT molecular complexity index is 869. The molecule has 2 N–H and O–H groups in total. The summed E-state index contributed by atoms with van der Waals surface area (Å²) in [4.78, 5) is 12.1. The van der Waals surface area contributed by atoms with Crippen LogP contribution in [-0.2, 0) is 14.8 Å². The molecule has 0 spiro atoms. The third-order valence-corrected chi connectivity index (χ3v) is 4.81. The van der Waals surface area contributed by atoms with Gasteiger partial charge in [-0.3, -0.25) is 9.52 Å². The number of amides is 1. The first kappa shape index (κ1) is 18.9. The quantitative estimate of drug-likeness (QED) is 0.737. The summed E-state index contributed by atoms with van der Waals surface area (Å²) in [5.74, 6) is -0.914. The Labute approximate surface area is 146 Å². The van der Waals surface area contributed by atoms with Crippen LogP contribution >= 0.6 is 0 Å². The van der Waals surface area contributed by atoms with Crippen molar-refractivity contribution in [1.29, 1.82) is 0 Å². The lowest BCUT2D eigenvalue weighted by molar-refractivity contribution is 0.0938. The Hall–Kier alpha value is -2.45. The van der Waals surface area contributed by atoms with Gasteiger partial charge in [0.1, 0.15) is 5.82 Å². The van der Waals surface area contributed by atoms with Gasteiger partial charge in [-0.05, 0) is 42.8 Å². The van der Waals surface area contributed by atoms with Crippen molar-refractivity contribution in [2.24, 2.45) is 0 Å². The second kappa shape index (κ2) is 8.09. The Morgan fingerprint density at radius 1 is 1.20 bits per heavy atom. The molecule has 2 rings (SSSR count). The van der Waals surface area contributed by atoms with Crippen molar-refractivity contribution in [2.75, 3.05) is 25.0 Å². The van der Waals surface area contributed by atoms with Gasteiger partial charge in [0, 0.05) is 13.7 Å². The number of carbonyl (C=O) groups is 1. The minimum atomic E-state index is -3.96. The molecule has 0 atom stereocenters. The summed E-state index contributed by atoms with van der Waals surface area (Å²) in [5, 5.41) is 2.63. The zero-order valence-electron chi connectivity index (χ0n) is 13.9. The highest BCUT2D eigenvalue weighted by Gasteiger charge is 2.19. The lowest BCUT2D eigenvalue weighted by Crippen LogP contribution is -2.28. The summed E-state index contributed by atoms with van der Waals surface area (Å²) < 4.78 is 45.6. The molecular weight excluding hydrogens is 347 g/mol. The smallest absolute Gasteiger partial charge is 0.261 e. The first-order valence-electron chi connectivity index (χ1n) is 7.50. The fourth-order valence-corrected chi connectivity index (χ4v) is 3.28. The van der Waals surface area contributed by atoms with E-state index in [4.69, 9.17) is 4.74 Å². The molecule has 0 heterocycles. The number of hydrogen-bond acceptors (Lipinski definition) is 4. The standard InChI is InChI=1S/C17H19FN2O4S/c1-12-11-13(7-8-15(12)18)25(22,23)20-16-6-4-3-5-14(16)17(21)19-9-10-24-2/h3-8,11,20H,9-10H2,1-2H3,(H,19,21). The number of ether oxygens (including phenoxy) is 1. The zero-order chi connectivity index (χ0) is 18.4. The molecule has 0 saturated carbocycles. The molecule has 0 aliphatic carbocycles. The van der Waals surface area contributed by atoms with Crippen LogP contribution in [0.3, 0.4) is 0 Å². The SMILES string of the molecule is COCCNC(=O)c1ccccc1NS(=O)(=O)c1ccc(F)c(C)c1. The minimum Gasteiger partial charge on any atom is -0.383 e. The third kappa shape index (κ3) is 4.77. The number of hydrogen-bond donors (Lipinski definition) is 2. The van der Waals surface area contributed by atoms with E-state index < -0.39 is 21.7 Å². The van der Waals surface area contributed by atoms with Crippen molar-refractivity contribution in [3.8, 4) is 0 Å². The Kier molecular flexibility index (Phi) is 6.11. The maximum atomic E-state index is 13.4. The highest BCUT2D eigenvalue weighted by Crippen LogP contribution is 2.21. The molecule has 2 aromatic rings. The molecule has 0 fully saturated rings. The maximum Gasteiger partial charge on any atom is 0.261 e. The van der Waals surface area contributed by atoms with E-state index in [1.165, 1.54) is 38.3 Å². The predicted molar refractivity (Wildman–Crippen MR) is 92.6 cm³/mol. The third-order valence-electron chi connectivity index (χ3n) is 3.45. The number of nitrogens with one attached hydrogen (secondary N) is 2. The molecule has 0 aliphatic rings. The average molecular weight is 366 g/mol. The van der Waals surface area contributed by atoms with Gasteiger partial charge < -0.3 is 10.1 Å². The number of methoxy groups -OCH3 is 1. The van der Waals surface area contributed by atoms with Crippen molar-refractivity contribution in [2.45, 2.75) is 11.8 Å².